The summed E-state index contributed by atoms with van der Waals surface area (Å²) in [6.45, 7) is 0. The van der Waals surface area contributed by atoms with Gasteiger partial charge in [0, 0.05) is 18.2 Å². The molecule has 2 N–H and O–H groups in total. The minimum Gasteiger partial charge on any atom is -0.325 e. The molecule has 2 aliphatic rings. The number of unbranched alkanes of at least 4 members (excludes halogenated alkanes) is 9. The third-order valence-corrected chi connectivity index (χ3v) is 7.09. The van der Waals surface area contributed by atoms with E-state index in [2.05, 4.69) is 26.6 Å². The van der Waals surface area contributed by atoms with Gasteiger partial charge in [-0.1, -0.05) is 73.4 Å². The standard InChI is InChI=1S/C26H34BrN3O5/c27-17-10-8-6-4-2-1-3-5-7-9-14-21(31)28-19-13-11-12-18-23(19)26(35)30(25(18)34)20-15-16-22(32)29-24(20)33/h11-13,20H,1-10,14-17H2,(H,28,31)(H,29,32,33). The second-order valence-electron chi connectivity index (χ2n) is 9.20. The fourth-order valence-electron chi connectivity index (χ4n) is 4.63. The molecule has 3 rings (SSSR count). The van der Waals surface area contributed by atoms with Crippen molar-refractivity contribution in [2.24, 2.45) is 0 Å². The molecule has 5 amide bonds. The number of benzene rings is 1. The van der Waals surface area contributed by atoms with Crippen molar-refractivity contribution in [2.45, 2.75) is 89.5 Å². The van der Waals surface area contributed by atoms with Crippen molar-refractivity contribution in [3.05, 3.63) is 29.3 Å². The third-order valence-electron chi connectivity index (χ3n) is 6.53. The second-order valence-corrected chi connectivity index (χ2v) is 9.99. The number of hydrogen-bond acceptors (Lipinski definition) is 5. The second kappa shape index (κ2) is 13.5. The molecule has 2 aliphatic heterocycles. The fraction of sp³-hybridized carbons (Fsp3) is 0.577. The molecule has 8 nitrogen and oxygen atoms in total. The van der Waals surface area contributed by atoms with Crippen LogP contribution < -0.4 is 10.6 Å². The number of anilines is 1. The zero-order valence-electron chi connectivity index (χ0n) is 20.1. The maximum absolute atomic E-state index is 13.1. The fourth-order valence-corrected chi connectivity index (χ4v) is 5.02. The average molecular weight is 548 g/mol. The van der Waals surface area contributed by atoms with Crippen LogP contribution in [0.5, 0.6) is 0 Å². The molecule has 1 unspecified atom stereocenters. The van der Waals surface area contributed by atoms with Crippen molar-refractivity contribution in [1.82, 2.24) is 10.2 Å². The summed E-state index contributed by atoms with van der Waals surface area (Å²) in [7, 11) is 0. The van der Waals surface area contributed by atoms with Crippen molar-refractivity contribution in [2.75, 3.05) is 10.6 Å². The van der Waals surface area contributed by atoms with Gasteiger partial charge in [-0.15, -0.1) is 0 Å². The largest absolute Gasteiger partial charge is 0.325 e. The van der Waals surface area contributed by atoms with Crippen molar-refractivity contribution in [3.63, 3.8) is 0 Å². The maximum Gasteiger partial charge on any atom is 0.264 e. The van der Waals surface area contributed by atoms with Crippen LogP contribution in [-0.4, -0.2) is 45.8 Å². The van der Waals surface area contributed by atoms with Gasteiger partial charge in [0.2, 0.25) is 17.7 Å². The molecule has 190 valence electrons. The molecular formula is C26H34BrN3O5. The summed E-state index contributed by atoms with van der Waals surface area (Å²) >= 11 is 3.45. The molecule has 0 saturated carbocycles. The molecule has 0 aromatic heterocycles. The van der Waals surface area contributed by atoms with Crippen molar-refractivity contribution < 1.29 is 24.0 Å². The molecule has 0 radical (unpaired) electrons. The number of alkyl halides is 1. The van der Waals surface area contributed by atoms with Gasteiger partial charge in [0.25, 0.3) is 11.8 Å². The van der Waals surface area contributed by atoms with E-state index in [1.165, 1.54) is 51.0 Å². The van der Waals surface area contributed by atoms with Gasteiger partial charge >= 0.3 is 0 Å². The summed E-state index contributed by atoms with van der Waals surface area (Å²) in [4.78, 5) is 63.0. The molecule has 35 heavy (non-hydrogen) atoms. The highest BCUT2D eigenvalue weighted by Crippen LogP contribution is 2.32. The summed E-state index contributed by atoms with van der Waals surface area (Å²) in [6, 6.07) is 3.68. The first-order valence-electron chi connectivity index (χ1n) is 12.6. The van der Waals surface area contributed by atoms with E-state index in [4.69, 9.17) is 0 Å². The number of halogens is 1. The quantitative estimate of drug-likeness (QED) is 0.199. The first-order chi connectivity index (χ1) is 16.9. The van der Waals surface area contributed by atoms with Gasteiger partial charge in [-0.25, -0.2) is 0 Å². The van der Waals surface area contributed by atoms with E-state index in [9.17, 15) is 24.0 Å². The van der Waals surface area contributed by atoms with E-state index < -0.39 is 29.7 Å². The van der Waals surface area contributed by atoms with E-state index in [-0.39, 0.29) is 35.6 Å². The SMILES string of the molecule is O=C1CCC(N2C(=O)c3cccc(NC(=O)CCCCCCCCCCCCBr)c3C2=O)C(=O)N1. The number of fused-ring (bicyclic) bond motifs is 1. The molecule has 1 atom stereocenters. The van der Waals surface area contributed by atoms with Crippen molar-refractivity contribution in [3.8, 4) is 0 Å². The van der Waals surface area contributed by atoms with Gasteiger partial charge in [-0.3, -0.25) is 34.2 Å². The Labute approximate surface area is 214 Å². The Hall–Kier alpha value is -2.55. The Morgan fingerprint density at radius 2 is 1.54 bits per heavy atom. The molecule has 1 aromatic rings. The highest BCUT2D eigenvalue weighted by atomic mass is 79.9. The summed E-state index contributed by atoms with van der Waals surface area (Å²) in [6.07, 6.45) is 12.1. The summed E-state index contributed by atoms with van der Waals surface area (Å²) < 4.78 is 0. The maximum atomic E-state index is 13.1. The summed E-state index contributed by atoms with van der Waals surface area (Å²) in [5.74, 6) is -2.49. The first kappa shape index (κ1) is 27.0. The van der Waals surface area contributed by atoms with Gasteiger partial charge < -0.3 is 5.32 Å². The lowest BCUT2D eigenvalue weighted by molar-refractivity contribution is -0.136. The van der Waals surface area contributed by atoms with Crippen LogP contribution in [0.3, 0.4) is 0 Å². The topological polar surface area (TPSA) is 113 Å². The van der Waals surface area contributed by atoms with E-state index >= 15 is 0 Å². The van der Waals surface area contributed by atoms with Crippen LogP contribution in [0.25, 0.3) is 0 Å². The molecule has 0 bridgehead atoms. The van der Waals surface area contributed by atoms with E-state index in [0.29, 0.717) is 6.42 Å². The lowest BCUT2D eigenvalue weighted by Gasteiger charge is -2.27. The third kappa shape index (κ3) is 7.22. The van der Waals surface area contributed by atoms with Crippen molar-refractivity contribution >= 4 is 51.2 Å². The van der Waals surface area contributed by atoms with E-state index in [1.807, 2.05) is 0 Å². The predicted molar refractivity (Wildman–Crippen MR) is 136 cm³/mol. The Morgan fingerprint density at radius 3 is 2.17 bits per heavy atom. The van der Waals surface area contributed by atoms with E-state index in [1.54, 1.807) is 12.1 Å². The summed E-state index contributed by atoms with van der Waals surface area (Å²) in [5, 5.41) is 6.04. The van der Waals surface area contributed by atoms with Gasteiger partial charge in [0.05, 0.1) is 16.8 Å². The molecule has 9 heteroatoms. The van der Waals surface area contributed by atoms with Crippen LogP contribution in [-0.2, 0) is 14.4 Å². The Bertz CT molecular complexity index is 964. The average Bonchev–Trinajstić information content (AvgIpc) is 3.08. The van der Waals surface area contributed by atoms with Gasteiger partial charge in [-0.2, -0.15) is 0 Å². The smallest absolute Gasteiger partial charge is 0.264 e. The van der Waals surface area contributed by atoms with Crippen LogP contribution >= 0.6 is 15.9 Å². The predicted octanol–water partition coefficient (Wildman–Crippen LogP) is 4.71. The minimum atomic E-state index is -1.03. The molecule has 0 aliphatic carbocycles. The van der Waals surface area contributed by atoms with Gasteiger partial charge in [0.1, 0.15) is 6.04 Å². The Morgan fingerprint density at radius 1 is 0.914 bits per heavy atom. The van der Waals surface area contributed by atoms with Gasteiger partial charge in [0.15, 0.2) is 0 Å². The van der Waals surface area contributed by atoms with E-state index in [0.717, 1.165) is 29.5 Å². The lowest BCUT2D eigenvalue weighted by atomic mass is 10.0. The van der Waals surface area contributed by atoms with Crippen LogP contribution in [0, 0.1) is 0 Å². The number of nitrogens with zero attached hydrogens (tertiary/aromatic N) is 1. The number of amides is 5. The van der Waals surface area contributed by atoms with Gasteiger partial charge in [-0.05, 0) is 31.4 Å². The molecule has 2 heterocycles. The number of piperidine rings is 1. The number of carbonyl (C=O) groups excluding carboxylic acids is 5. The Balaban J connectivity index is 1.44. The monoisotopic (exact) mass is 547 g/mol. The number of carbonyl (C=O) groups is 5. The number of hydrogen-bond donors (Lipinski definition) is 2. The number of nitrogens with one attached hydrogen (secondary N) is 2. The zero-order valence-corrected chi connectivity index (χ0v) is 21.7. The molecular weight excluding hydrogens is 514 g/mol. The summed E-state index contributed by atoms with van der Waals surface area (Å²) in [5.41, 5.74) is 0.539. The Kier molecular flexibility index (Phi) is 10.4. The van der Waals surface area contributed by atoms with Crippen LogP contribution in [0.4, 0.5) is 5.69 Å². The molecule has 1 fully saturated rings. The molecule has 0 spiro atoms. The normalized spacial score (nSPS) is 17.5. The molecule has 1 saturated heterocycles. The highest BCUT2D eigenvalue weighted by molar-refractivity contribution is 9.09. The minimum absolute atomic E-state index is 0.0603. The number of imide groups is 2. The van der Waals surface area contributed by atoms with Crippen LogP contribution in [0.1, 0.15) is 104 Å². The highest BCUT2D eigenvalue weighted by Gasteiger charge is 2.45. The zero-order chi connectivity index (χ0) is 25.2. The van der Waals surface area contributed by atoms with Crippen molar-refractivity contribution in [1.29, 1.82) is 0 Å². The number of rotatable bonds is 14. The molecule has 1 aromatic carbocycles. The first-order valence-corrected chi connectivity index (χ1v) is 13.8. The van der Waals surface area contributed by atoms with Crippen LogP contribution in [0.2, 0.25) is 0 Å². The van der Waals surface area contributed by atoms with Crippen LogP contribution in [0.15, 0.2) is 18.2 Å². The lowest BCUT2D eigenvalue weighted by Crippen LogP contribution is -2.54.